The number of aromatic nitrogens is 1. The Bertz CT molecular complexity index is 915. The fourth-order valence-electron chi connectivity index (χ4n) is 3.80. The summed E-state index contributed by atoms with van der Waals surface area (Å²) in [5, 5.41) is 9.99. The van der Waals surface area contributed by atoms with Crippen molar-refractivity contribution in [1.29, 1.82) is 0 Å². The van der Waals surface area contributed by atoms with Gasteiger partial charge in [-0.1, -0.05) is 0 Å². The van der Waals surface area contributed by atoms with Crippen molar-refractivity contribution < 1.29 is 18.3 Å². The van der Waals surface area contributed by atoms with Gasteiger partial charge in [0.1, 0.15) is 0 Å². The van der Waals surface area contributed by atoms with Crippen LogP contribution in [-0.2, 0) is 10.0 Å². The molecule has 0 radical (unpaired) electrons. The van der Waals surface area contributed by atoms with Gasteiger partial charge in [0.25, 0.3) is 15.9 Å². The summed E-state index contributed by atoms with van der Waals surface area (Å²) in [6.07, 6.45) is 4.14. The van der Waals surface area contributed by atoms with Gasteiger partial charge in [-0.3, -0.25) is 14.5 Å². The Labute approximate surface area is 151 Å². The number of piperidine rings is 1. The summed E-state index contributed by atoms with van der Waals surface area (Å²) in [6, 6.07) is 8.86. The smallest absolute Gasteiger partial charge is 0.261 e. The monoisotopic (exact) mass is 373 g/mol. The molecular weight excluding hydrogens is 354 g/mol. The first-order valence-electron chi connectivity index (χ1n) is 8.46. The average molecular weight is 373 g/mol. The number of nitrogens with zero attached hydrogens (tertiary/aromatic N) is 2. The van der Waals surface area contributed by atoms with Gasteiger partial charge in [0, 0.05) is 24.5 Å². The third-order valence-corrected chi connectivity index (χ3v) is 6.45. The summed E-state index contributed by atoms with van der Waals surface area (Å²) in [4.78, 5) is 18.3. The molecule has 1 aliphatic carbocycles. The summed E-state index contributed by atoms with van der Waals surface area (Å²) in [6.45, 7) is 0.657. The van der Waals surface area contributed by atoms with Gasteiger partial charge >= 0.3 is 0 Å². The first-order chi connectivity index (χ1) is 12.4. The normalized spacial score (nSPS) is 24.7. The Kier molecular flexibility index (Phi) is 4.16. The molecule has 136 valence electrons. The highest BCUT2D eigenvalue weighted by Gasteiger charge is 2.46. The molecule has 3 atom stereocenters. The van der Waals surface area contributed by atoms with Crippen molar-refractivity contribution in [3.8, 4) is 0 Å². The van der Waals surface area contributed by atoms with Crippen molar-refractivity contribution in [2.45, 2.75) is 29.9 Å². The third kappa shape index (κ3) is 3.06. The standard InChI is InChI=1S/C18H19N3O4S/c22-17-10-12-9-16(17)21(11-12)18(23)13-1-3-15(4-2-13)26(24,25)20-14-5-7-19-8-6-14/h1-8,12,16-17,22H,9-11H2,(H,19,20)/t12-,16+,17+/m0/s1. The molecule has 4 rings (SSSR count). The quantitative estimate of drug-likeness (QED) is 0.846. The zero-order valence-electron chi connectivity index (χ0n) is 13.9. The molecule has 7 nitrogen and oxygen atoms in total. The van der Waals surface area contributed by atoms with Crippen LogP contribution in [0.5, 0.6) is 0 Å². The van der Waals surface area contributed by atoms with Crippen LogP contribution in [0.25, 0.3) is 0 Å². The van der Waals surface area contributed by atoms with E-state index in [1.165, 1.54) is 36.7 Å². The Morgan fingerprint density at radius 2 is 1.81 bits per heavy atom. The number of carbonyl (C=O) groups excluding carboxylic acids is 1. The second-order valence-corrected chi connectivity index (χ2v) is 8.48. The minimum atomic E-state index is -3.73. The zero-order valence-corrected chi connectivity index (χ0v) is 14.8. The van der Waals surface area contributed by atoms with Gasteiger partial charge in [-0.2, -0.15) is 0 Å². The van der Waals surface area contributed by atoms with Gasteiger partial charge in [0.05, 0.1) is 22.7 Å². The van der Waals surface area contributed by atoms with Crippen LogP contribution in [-0.4, -0.2) is 48.0 Å². The second kappa shape index (κ2) is 6.37. The number of nitrogens with one attached hydrogen (secondary N) is 1. The predicted molar refractivity (Wildman–Crippen MR) is 95.0 cm³/mol. The van der Waals surface area contributed by atoms with E-state index in [1.54, 1.807) is 17.0 Å². The Balaban J connectivity index is 1.51. The molecule has 1 aromatic carbocycles. The molecule has 2 aromatic rings. The van der Waals surface area contributed by atoms with Gasteiger partial charge in [0.15, 0.2) is 0 Å². The second-order valence-electron chi connectivity index (χ2n) is 6.80. The highest BCUT2D eigenvalue weighted by molar-refractivity contribution is 7.92. The third-order valence-electron chi connectivity index (χ3n) is 5.05. The Hall–Kier alpha value is -2.45. The molecule has 1 saturated carbocycles. The Morgan fingerprint density at radius 1 is 1.12 bits per heavy atom. The topological polar surface area (TPSA) is 99.6 Å². The molecule has 0 spiro atoms. The molecular formula is C18H19N3O4S. The van der Waals surface area contributed by atoms with Crippen molar-refractivity contribution >= 4 is 21.6 Å². The number of pyridine rings is 1. The van der Waals surface area contributed by atoms with E-state index in [0.717, 1.165) is 12.8 Å². The summed E-state index contributed by atoms with van der Waals surface area (Å²) >= 11 is 0. The van der Waals surface area contributed by atoms with Crippen LogP contribution in [0.4, 0.5) is 5.69 Å². The lowest BCUT2D eigenvalue weighted by atomic mass is 10.1. The lowest BCUT2D eigenvalue weighted by molar-refractivity contribution is 0.0403. The molecule has 2 fully saturated rings. The SMILES string of the molecule is O=C(c1ccc(S(=O)(=O)Nc2ccncc2)cc1)N1C[C@@H]2C[C@@H](O)[C@H]1C2. The van der Waals surface area contributed by atoms with E-state index in [9.17, 15) is 18.3 Å². The number of amides is 1. The van der Waals surface area contributed by atoms with E-state index in [2.05, 4.69) is 9.71 Å². The first-order valence-corrected chi connectivity index (χ1v) is 9.94. The predicted octanol–water partition coefficient (Wildman–Crippen LogP) is 1.48. The lowest BCUT2D eigenvalue weighted by Gasteiger charge is -2.30. The van der Waals surface area contributed by atoms with Gasteiger partial charge in [-0.25, -0.2) is 8.42 Å². The van der Waals surface area contributed by atoms with E-state index >= 15 is 0 Å². The van der Waals surface area contributed by atoms with E-state index in [-0.39, 0.29) is 16.8 Å². The molecule has 2 heterocycles. The zero-order chi connectivity index (χ0) is 18.3. The van der Waals surface area contributed by atoms with Gasteiger partial charge < -0.3 is 10.0 Å². The van der Waals surface area contributed by atoms with Crippen LogP contribution in [0.3, 0.4) is 0 Å². The minimum Gasteiger partial charge on any atom is -0.391 e. The maximum Gasteiger partial charge on any atom is 0.261 e. The van der Waals surface area contributed by atoms with Crippen molar-refractivity contribution in [2.75, 3.05) is 11.3 Å². The van der Waals surface area contributed by atoms with E-state index in [4.69, 9.17) is 0 Å². The maximum absolute atomic E-state index is 12.7. The number of hydrogen-bond acceptors (Lipinski definition) is 5. The van der Waals surface area contributed by atoms with Crippen molar-refractivity contribution in [3.63, 3.8) is 0 Å². The molecule has 0 unspecified atom stereocenters. The fourth-order valence-corrected chi connectivity index (χ4v) is 4.86. The van der Waals surface area contributed by atoms with Crippen molar-refractivity contribution in [2.24, 2.45) is 5.92 Å². The molecule has 8 heteroatoms. The number of hydrogen-bond donors (Lipinski definition) is 2. The molecule has 26 heavy (non-hydrogen) atoms. The number of aliphatic hydroxyl groups is 1. The lowest BCUT2D eigenvalue weighted by Crippen LogP contribution is -2.44. The van der Waals surface area contributed by atoms with E-state index in [0.29, 0.717) is 23.7 Å². The van der Waals surface area contributed by atoms with Crippen LogP contribution < -0.4 is 4.72 Å². The molecule has 2 aliphatic rings. The number of benzene rings is 1. The number of rotatable bonds is 4. The largest absolute Gasteiger partial charge is 0.391 e. The van der Waals surface area contributed by atoms with Crippen LogP contribution >= 0.6 is 0 Å². The highest BCUT2D eigenvalue weighted by atomic mass is 32.2. The van der Waals surface area contributed by atoms with E-state index < -0.39 is 16.1 Å². The summed E-state index contributed by atoms with van der Waals surface area (Å²) < 4.78 is 27.3. The molecule has 1 amide bonds. The van der Waals surface area contributed by atoms with Crippen LogP contribution in [0, 0.1) is 5.92 Å². The van der Waals surface area contributed by atoms with Crippen LogP contribution in [0.1, 0.15) is 23.2 Å². The average Bonchev–Trinajstić information content (AvgIpc) is 3.21. The van der Waals surface area contributed by atoms with E-state index in [1.807, 2.05) is 0 Å². The van der Waals surface area contributed by atoms with Gasteiger partial charge in [-0.15, -0.1) is 0 Å². The van der Waals surface area contributed by atoms with Gasteiger partial charge in [0.2, 0.25) is 0 Å². The maximum atomic E-state index is 12.7. The number of anilines is 1. The number of carbonyl (C=O) groups is 1. The first kappa shape index (κ1) is 17.0. The van der Waals surface area contributed by atoms with Crippen LogP contribution in [0.15, 0.2) is 53.7 Å². The minimum absolute atomic E-state index is 0.0776. The Morgan fingerprint density at radius 3 is 2.42 bits per heavy atom. The van der Waals surface area contributed by atoms with Crippen molar-refractivity contribution in [1.82, 2.24) is 9.88 Å². The number of sulfonamides is 1. The van der Waals surface area contributed by atoms with Gasteiger partial charge in [-0.05, 0) is 55.2 Å². The summed E-state index contributed by atoms with van der Waals surface area (Å²) in [5.41, 5.74) is 0.842. The van der Waals surface area contributed by atoms with Crippen molar-refractivity contribution in [3.05, 3.63) is 54.4 Å². The number of aliphatic hydroxyl groups excluding tert-OH is 1. The number of fused-ring (bicyclic) bond motifs is 2. The summed E-state index contributed by atoms with van der Waals surface area (Å²) in [7, 11) is -3.73. The fraction of sp³-hybridized carbons (Fsp3) is 0.333. The molecule has 1 saturated heterocycles. The molecule has 2 bridgehead atoms. The number of likely N-dealkylation sites (tertiary alicyclic amines) is 1. The molecule has 1 aliphatic heterocycles. The summed E-state index contributed by atoms with van der Waals surface area (Å²) in [5.74, 6) is 0.199. The molecule has 1 aromatic heterocycles. The van der Waals surface area contributed by atoms with Crippen LogP contribution in [0.2, 0.25) is 0 Å². The molecule has 2 N–H and O–H groups in total. The highest BCUT2D eigenvalue weighted by Crippen LogP contribution is 2.38.